The first-order chi connectivity index (χ1) is 12.2. The van der Waals surface area contributed by atoms with Crippen molar-refractivity contribution >= 4 is 5.91 Å². The SMILES string of the molecule is Cn1cccc1[C@@H]1COCCN1C(=O)c1ccc(-n2ccnc2)nc1. The van der Waals surface area contributed by atoms with Crippen molar-refractivity contribution in [2.24, 2.45) is 7.05 Å². The summed E-state index contributed by atoms with van der Waals surface area (Å²) in [7, 11) is 1.98. The van der Waals surface area contributed by atoms with Crippen LogP contribution in [-0.4, -0.2) is 49.7 Å². The third-order valence-electron chi connectivity index (χ3n) is 4.48. The number of amides is 1. The minimum atomic E-state index is -0.0884. The normalized spacial score (nSPS) is 17.6. The number of aryl methyl sites for hydroxylation is 1. The van der Waals surface area contributed by atoms with Crippen LogP contribution in [0.3, 0.4) is 0 Å². The van der Waals surface area contributed by atoms with E-state index in [0.717, 1.165) is 11.5 Å². The maximum Gasteiger partial charge on any atom is 0.256 e. The van der Waals surface area contributed by atoms with Gasteiger partial charge in [-0.15, -0.1) is 0 Å². The van der Waals surface area contributed by atoms with E-state index >= 15 is 0 Å². The summed E-state index contributed by atoms with van der Waals surface area (Å²) < 4.78 is 9.44. The minimum absolute atomic E-state index is 0.0285. The molecule has 3 aromatic heterocycles. The number of aromatic nitrogens is 4. The van der Waals surface area contributed by atoms with Crippen LogP contribution in [0.1, 0.15) is 22.1 Å². The molecule has 0 unspecified atom stereocenters. The summed E-state index contributed by atoms with van der Waals surface area (Å²) >= 11 is 0. The third-order valence-corrected chi connectivity index (χ3v) is 4.48. The highest BCUT2D eigenvalue weighted by Crippen LogP contribution is 2.26. The first kappa shape index (κ1) is 15.6. The summed E-state index contributed by atoms with van der Waals surface area (Å²) in [6, 6.07) is 7.55. The number of pyridine rings is 1. The van der Waals surface area contributed by atoms with Gasteiger partial charge in [-0.1, -0.05) is 0 Å². The number of imidazole rings is 1. The van der Waals surface area contributed by atoms with E-state index in [-0.39, 0.29) is 11.9 Å². The van der Waals surface area contributed by atoms with Crippen LogP contribution in [0.2, 0.25) is 0 Å². The summed E-state index contributed by atoms with van der Waals surface area (Å²) in [6.45, 7) is 1.62. The molecule has 1 aliphatic rings. The second-order valence-electron chi connectivity index (χ2n) is 6.01. The molecule has 0 radical (unpaired) electrons. The van der Waals surface area contributed by atoms with Crippen LogP contribution in [0.4, 0.5) is 0 Å². The van der Waals surface area contributed by atoms with Crippen molar-refractivity contribution in [3.63, 3.8) is 0 Å². The van der Waals surface area contributed by atoms with E-state index in [9.17, 15) is 4.79 Å². The van der Waals surface area contributed by atoms with Crippen LogP contribution < -0.4 is 0 Å². The minimum Gasteiger partial charge on any atom is -0.377 e. The van der Waals surface area contributed by atoms with E-state index in [1.807, 2.05) is 53.2 Å². The van der Waals surface area contributed by atoms with Gasteiger partial charge in [0.1, 0.15) is 12.1 Å². The summed E-state index contributed by atoms with van der Waals surface area (Å²) in [6.07, 6.45) is 8.79. The molecule has 1 fully saturated rings. The van der Waals surface area contributed by atoms with Gasteiger partial charge < -0.3 is 14.2 Å². The Balaban J connectivity index is 1.59. The van der Waals surface area contributed by atoms with Gasteiger partial charge >= 0.3 is 0 Å². The molecule has 4 heterocycles. The van der Waals surface area contributed by atoms with Crippen molar-refractivity contribution < 1.29 is 9.53 Å². The standard InChI is InChI=1S/C18H19N5O2/c1-21-7-2-3-15(21)16-12-25-10-9-23(16)18(24)14-4-5-17(20-11-14)22-8-6-19-13-22/h2-8,11,13,16H,9-10,12H2,1H3/t16-/m0/s1. The fourth-order valence-electron chi connectivity index (χ4n) is 3.14. The fraction of sp³-hybridized carbons (Fsp3) is 0.278. The molecule has 1 atom stereocenters. The van der Waals surface area contributed by atoms with Gasteiger partial charge in [0.2, 0.25) is 0 Å². The van der Waals surface area contributed by atoms with E-state index in [1.165, 1.54) is 0 Å². The molecule has 7 nitrogen and oxygen atoms in total. The zero-order valence-electron chi connectivity index (χ0n) is 13.9. The summed E-state index contributed by atoms with van der Waals surface area (Å²) in [5.41, 5.74) is 1.64. The molecule has 0 spiro atoms. The zero-order valence-corrected chi connectivity index (χ0v) is 13.9. The lowest BCUT2D eigenvalue weighted by Gasteiger charge is -2.36. The van der Waals surface area contributed by atoms with Gasteiger partial charge in [0, 0.05) is 44.1 Å². The number of nitrogens with zero attached hydrogens (tertiary/aromatic N) is 5. The molecule has 0 saturated carbocycles. The Morgan fingerprint density at radius 3 is 2.88 bits per heavy atom. The van der Waals surface area contributed by atoms with Gasteiger partial charge in [0.05, 0.1) is 24.8 Å². The number of carbonyl (C=O) groups excluding carboxylic acids is 1. The molecule has 4 rings (SSSR count). The van der Waals surface area contributed by atoms with E-state index in [1.54, 1.807) is 23.3 Å². The van der Waals surface area contributed by atoms with Crippen LogP contribution in [0, 0.1) is 0 Å². The predicted molar refractivity (Wildman–Crippen MR) is 91.4 cm³/mol. The van der Waals surface area contributed by atoms with E-state index in [0.29, 0.717) is 25.3 Å². The Hall–Kier alpha value is -2.93. The molecule has 0 bridgehead atoms. The Kier molecular flexibility index (Phi) is 4.07. The van der Waals surface area contributed by atoms with Gasteiger partial charge in [0.15, 0.2) is 0 Å². The number of carbonyl (C=O) groups is 1. The van der Waals surface area contributed by atoms with Gasteiger partial charge in [-0.25, -0.2) is 9.97 Å². The summed E-state index contributed by atoms with van der Waals surface area (Å²) in [4.78, 5) is 23.3. The van der Waals surface area contributed by atoms with Crippen molar-refractivity contribution in [3.05, 3.63) is 66.6 Å². The molecule has 3 aromatic rings. The van der Waals surface area contributed by atoms with Gasteiger partial charge in [-0.2, -0.15) is 0 Å². The molecule has 1 aliphatic heterocycles. The van der Waals surface area contributed by atoms with Gasteiger partial charge in [-0.3, -0.25) is 9.36 Å². The lowest BCUT2D eigenvalue weighted by molar-refractivity contribution is -0.00465. The lowest BCUT2D eigenvalue weighted by atomic mass is 10.1. The third kappa shape index (κ3) is 2.94. The molecule has 1 saturated heterocycles. The van der Waals surface area contributed by atoms with E-state index in [4.69, 9.17) is 4.74 Å². The average Bonchev–Trinajstić information content (AvgIpc) is 3.33. The van der Waals surface area contributed by atoms with E-state index < -0.39 is 0 Å². The molecule has 7 heteroatoms. The van der Waals surface area contributed by atoms with Crippen LogP contribution in [0.25, 0.3) is 5.82 Å². The first-order valence-electron chi connectivity index (χ1n) is 8.18. The van der Waals surface area contributed by atoms with Crippen molar-refractivity contribution in [3.8, 4) is 5.82 Å². The molecule has 25 heavy (non-hydrogen) atoms. The van der Waals surface area contributed by atoms with Crippen molar-refractivity contribution in [2.75, 3.05) is 19.8 Å². The molecular weight excluding hydrogens is 318 g/mol. The van der Waals surface area contributed by atoms with Crippen molar-refractivity contribution in [2.45, 2.75) is 6.04 Å². The Morgan fingerprint density at radius 2 is 2.20 bits per heavy atom. The number of rotatable bonds is 3. The Morgan fingerprint density at radius 1 is 1.28 bits per heavy atom. The molecule has 0 aliphatic carbocycles. The highest BCUT2D eigenvalue weighted by Gasteiger charge is 2.30. The maximum atomic E-state index is 13.0. The van der Waals surface area contributed by atoms with Gasteiger partial charge in [-0.05, 0) is 24.3 Å². The summed E-state index contributed by atoms with van der Waals surface area (Å²) in [5, 5.41) is 0. The van der Waals surface area contributed by atoms with Crippen LogP contribution in [0.15, 0.2) is 55.4 Å². The molecular formula is C18H19N5O2. The molecule has 0 aromatic carbocycles. The number of morpholine rings is 1. The molecule has 128 valence electrons. The highest BCUT2D eigenvalue weighted by atomic mass is 16.5. The second kappa shape index (κ2) is 6.52. The number of ether oxygens (including phenoxy) is 1. The zero-order chi connectivity index (χ0) is 17.2. The van der Waals surface area contributed by atoms with Crippen molar-refractivity contribution in [1.82, 2.24) is 24.0 Å². The lowest BCUT2D eigenvalue weighted by Crippen LogP contribution is -2.44. The summed E-state index contributed by atoms with van der Waals surface area (Å²) in [5.74, 6) is 0.703. The van der Waals surface area contributed by atoms with Crippen LogP contribution in [-0.2, 0) is 11.8 Å². The fourth-order valence-corrected chi connectivity index (χ4v) is 3.14. The maximum absolute atomic E-state index is 13.0. The first-order valence-corrected chi connectivity index (χ1v) is 8.18. The van der Waals surface area contributed by atoms with Crippen LogP contribution >= 0.6 is 0 Å². The molecule has 1 amide bonds. The monoisotopic (exact) mass is 337 g/mol. The Labute approximate surface area is 145 Å². The second-order valence-corrected chi connectivity index (χ2v) is 6.01. The van der Waals surface area contributed by atoms with Crippen molar-refractivity contribution in [1.29, 1.82) is 0 Å². The smallest absolute Gasteiger partial charge is 0.256 e. The molecule has 0 N–H and O–H groups in total. The number of hydrogen-bond donors (Lipinski definition) is 0. The van der Waals surface area contributed by atoms with E-state index in [2.05, 4.69) is 9.97 Å². The topological polar surface area (TPSA) is 65.2 Å². The largest absolute Gasteiger partial charge is 0.377 e. The Bertz CT molecular complexity index is 854. The quantitative estimate of drug-likeness (QED) is 0.731. The number of hydrogen-bond acceptors (Lipinski definition) is 4. The van der Waals surface area contributed by atoms with Crippen LogP contribution in [0.5, 0.6) is 0 Å². The highest BCUT2D eigenvalue weighted by molar-refractivity contribution is 5.94. The van der Waals surface area contributed by atoms with Gasteiger partial charge in [0.25, 0.3) is 5.91 Å². The predicted octanol–water partition coefficient (Wildman–Crippen LogP) is 1.82. The average molecular weight is 337 g/mol.